The van der Waals surface area contributed by atoms with Crippen molar-refractivity contribution in [1.82, 2.24) is 0 Å². The molecule has 0 aromatic rings. The third-order valence-corrected chi connectivity index (χ3v) is 1.69. The maximum Gasteiger partial charge on any atom is 0.180 e. The third kappa shape index (κ3) is 7.58. The lowest BCUT2D eigenvalue weighted by Gasteiger charge is -2.05. The Morgan fingerprint density at radius 1 is 0.857 bits per heavy atom. The lowest BCUT2D eigenvalue weighted by molar-refractivity contribution is 0.307. The molecule has 0 aliphatic rings. The molecule has 0 bridgehead atoms. The number of ether oxygens (including phenoxy) is 2. The number of hydrogen-bond acceptors (Lipinski definition) is 4. The van der Waals surface area contributed by atoms with Gasteiger partial charge in [0.25, 0.3) is 0 Å². The van der Waals surface area contributed by atoms with Gasteiger partial charge in [-0.1, -0.05) is 0 Å². The molecule has 0 saturated carbocycles. The first kappa shape index (κ1) is 12.9. The molecule has 14 heavy (non-hydrogen) atoms. The minimum atomic E-state index is 0.343. The Labute approximate surface area is 85.6 Å². The van der Waals surface area contributed by atoms with E-state index in [2.05, 4.69) is 0 Å². The Morgan fingerprint density at radius 2 is 1.21 bits per heavy atom. The van der Waals surface area contributed by atoms with Gasteiger partial charge < -0.3 is 9.47 Å². The van der Waals surface area contributed by atoms with Gasteiger partial charge in [-0.2, -0.15) is 0 Å². The quantitative estimate of drug-likeness (QED) is 0.377. The zero-order valence-electron chi connectivity index (χ0n) is 9.06. The highest BCUT2D eigenvalue weighted by Gasteiger charge is 1.99. The monoisotopic (exact) mass is 200 g/mol. The Kier molecular flexibility index (Phi) is 7.89. The third-order valence-electron chi connectivity index (χ3n) is 1.69. The van der Waals surface area contributed by atoms with Crippen LogP contribution in [0.15, 0.2) is 0 Å². The molecular weight excluding hydrogens is 180 g/mol. The molecule has 0 aliphatic carbocycles. The SMILES string of the molecule is CCOC(=N)CCCCC(=N)OCC. The van der Waals surface area contributed by atoms with E-state index in [1.54, 1.807) is 0 Å². The standard InChI is InChI=1S/C10H20N2O2/c1-3-13-9(11)7-5-6-8-10(12)14-4-2/h11-12H,3-8H2,1-2H3. The molecule has 0 fully saturated rings. The van der Waals surface area contributed by atoms with Crippen molar-refractivity contribution in [3.8, 4) is 0 Å². The lowest BCUT2D eigenvalue weighted by atomic mass is 10.2. The van der Waals surface area contributed by atoms with Crippen LogP contribution in [0.3, 0.4) is 0 Å². The molecule has 4 heteroatoms. The minimum absolute atomic E-state index is 0.343. The highest BCUT2D eigenvalue weighted by atomic mass is 16.5. The Bertz CT molecular complexity index is 161. The fourth-order valence-electron chi connectivity index (χ4n) is 1.06. The lowest BCUT2D eigenvalue weighted by Crippen LogP contribution is -2.05. The predicted octanol–water partition coefficient (Wildman–Crippen LogP) is 2.57. The second-order valence-corrected chi connectivity index (χ2v) is 2.92. The van der Waals surface area contributed by atoms with E-state index in [1.165, 1.54) is 0 Å². The van der Waals surface area contributed by atoms with Gasteiger partial charge in [0.2, 0.25) is 0 Å². The molecule has 0 saturated heterocycles. The minimum Gasteiger partial charge on any atom is -0.481 e. The highest BCUT2D eigenvalue weighted by Crippen LogP contribution is 2.03. The van der Waals surface area contributed by atoms with Gasteiger partial charge in [-0.05, 0) is 26.7 Å². The van der Waals surface area contributed by atoms with Crippen LogP contribution >= 0.6 is 0 Å². The van der Waals surface area contributed by atoms with Crippen molar-refractivity contribution in [2.24, 2.45) is 0 Å². The molecule has 2 N–H and O–H groups in total. The van der Waals surface area contributed by atoms with Crippen molar-refractivity contribution in [1.29, 1.82) is 10.8 Å². The maximum absolute atomic E-state index is 7.35. The first-order valence-corrected chi connectivity index (χ1v) is 5.11. The largest absolute Gasteiger partial charge is 0.481 e. The molecule has 0 aliphatic heterocycles. The summed E-state index contributed by atoms with van der Waals surface area (Å²) in [7, 11) is 0. The molecule has 0 rings (SSSR count). The fraction of sp³-hybridized carbons (Fsp3) is 0.800. The van der Waals surface area contributed by atoms with Crippen molar-refractivity contribution in [2.75, 3.05) is 13.2 Å². The summed E-state index contributed by atoms with van der Waals surface area (Å²) in [6, 6.07) is 0. The molecule has 0 atom stereocenters. The van der Waals surface area contributed by atoms with Crippen LogP contribution in [0, 0.1) is 10.8 Å². The van der Waals surface area contributed by atoms with E-state index in [-0.39, 0.29) is 0 Å². The van der Waals surface area contributed by atoms with E-state index < -0.39 is 0 Å². The van der Waals surface area contributed by atoms with Crippen molar-refractivity contribution in [3.63, 3.8) is 0 Å². The Hall–Kier alpha value is -1.06. The van der Waals surface area contributed by atoms with Gasteiger partial charge in [0.05, 0.1) is 13.2 Å². The van der Waals surface area contributed by atoms with Gasteiger partial charge in [-0.15, -0.1) is 0 Å². The second kappa shape index (κ2) is 8.53. The molecule has 0 aromatic carbocycles. The van der Waals surface area contributed by atoms with Crippen LogP contribution in [-0.4, -0.2) is 25.0 Å². The van der Waals surface area contributed by atoms with Crippen LogP contribution < -0.4 is 0 Å². The van der Waals surface area contributed by atoms with Gasteiger partial charge in [-0.3, -0.25) is 10.8 Å². The summed E-state index contributed by atoms with van der Waals surface area (Å²) in [5.41, 5.74) is 0. The van der Waals surface area contributed by atoms with E-state index in [1.807, 2.05) is 13.8 Å². The molecule has 0 heterocycles. The number of rotatable bonds is 7. The van der Waals surface area contributed by atoms with Crippen molar-refractivity contribution >= 4 is 11.8 Å². The topological polar surface area (TPSA) is 66.2 Å². The number of hydrogen-bond donors (Lipinski definition) is 2. The van der Waals surface area contributed by atoms with E-state index in [4.69, 9.17) is 20.3 Å². The van der Waals surface area contributed by atoms with Crippen LogP contribution in [0.2, 0.25) is 0 Å². The van der Waals surface area contributed by atoms with E-state index in [9.17, 15) is 0 Å². The van der Waals surface area contributed by atoms with Crippen LogP contribution in [0.5, 0.6) is 0 Å². The zero-order valence-corrected chi connectivity index (χ0v) is 9.06. The van der Waals surface area contributed by atoms with Crippen LogP contribution in [-0.2, 0) is 9.47 Å². The summed E-state index contributed by atoms with van der Waals surface area (Å²) in [6.07, 6.45) is 3.09. The van der Waals surface area contributed by atoms with Crippen LogP contribution in [0.25, 0.3) is 0 Å². The molecule has 4 nitrogen and oxygen atoms in total. The Morgan fingerprint density at radius 3 is 1.50 bits per heavy atom. The highest BCUT2D eigenvalue weighted by molar-refractivity contribution is 5.73. The van der Waals surface area contributed by atoms with Gasteiger partial charge in [-0.25, -0.2) is 0 Å². The van der Waals surface area contributed by atoms with Gasteiger partial charge in [0.1, 0.15) is 0 Å². The average molecular weight is 200 g/mol. The summed E-state index contributed by atoms with van der Waals surface area (Å²) in [5.74, 6) is 0.686. The molecule has 0 spiro atoms. The average Bonchev–Trinajstić information content (AvgIpc) is 2.13. The number of nitrogens with one attached hydrogen (secondary N) is 2. The number of unbranched alkanes of at least 4 members (excludes halogenated alkanes) is 1. The summed E-state index contributed by atoms with van der Waals surface area (Å²) < 4.78 is 9.99. The molecule has 0 unspecified atom stereocenters. The second-order valence-electron chi connectivity index (χ2n) is 2.92. The summed E-state index contributed by atoms with van der Waals surface area (Å²) >= 11 is 0. The molecule has 0 aromatic heterocycles. The maximum atomic E-state index is 7.35. The van der Waals surface area contributed by atoms with Gasteiger partial charge >= 0.3 is 0 Å². The fourth-order valence-corrected chi connectivity index (χ4v) is 1.06. The molecule has 82 valence electrons. The molecule has 0 amide bonds. The Balaban J connectivity index is 3.28. The first-order chi connectivity index (χ1) is 6.70. The van der Waals surface area contributed by atoms with Crippen molar-refractivity contribution in [2.45, 2.75) is 39.5 Å². The zero-order chi connectivity index (χ0) is 10.8. The van der Waals surface area contributed by atoms with E-state index in [0.29, 0.717) is 37.9 Å². The summed E-state index contributed by atoms with van der Waals surface area (Å²) in [5, 5.41) is 14.7. The summed E-state index contributed by atoms with van der Waals surface area (Å²) in [6.45, 7) is 4.87. The van der Waals surface area contributed by atoms with Crippen LogP contribution in [0.1, 0.15) is 39.5 Å². The van der Waals surface area contributed by atoms with Crippen molar-refractivity contribution < 1.29 is 9.47 Å². The van der Waals surface area contributed by atoms with Crippen molar-refractivity contribution in [3.05, 3.63) is 0 Å². The first-order valence-electron chi connectivity index (χ1n) is 5.11. The normalized spacial score (nSPS) is 9.57. The van der Waals surface area contributed by atoms with Gasteiger partial charge in [0, 0.05) is 12.8 Å². The smallest absolute Gasteiger partial charge is 0.180 e. The molecular formula is C10H20N2O2. The van der Waals surface area contributed by atoms with E-state index >= 15 is 0 Å². The summed E-state index contributed by atoms with van der Waals surface area (Å²) in [4.78, 5) is 0. The molecule has 0 radical (unpaired) electrons. The van der Waals surface area contributed by atoms with E-state index in [0.717, 1.165) is 12.8 Å². The van der Waals surface area contributed by atoms with Crippen LogP contribution in [0.4, 0.5) is 0 Å². The predicted molar refractivity (Wildman–Crippen MR) is 57.2 cm³/mol. The van der Waals surface area contributed by atoms with Gasteiger partial charge in [0.15, 0.2) is 11.8 Å².